The summed E-state index contributed by atoms with van der Waals surface area (Å²) in [5.41, 5.74) is 2.32. The summed E-state index contributed by atoms with van der Waals surface area (Å²) in [6, 6.07) is 10.2. The molecule has 0 aliphatic carbocycles. The van der Waals surface area contributed by atoms with E-state index in [0.717, 1.165) is 5.52 Å². The van der Waals surface area contributed by atoms with Gasteiger partial charge in [0, 0.05) is 11.6 Å². The third-order valence-corrected chi connectivity index (χ3v) is 2.21. The molecule has 2 rings (SSSR count). The summed E-state index contributed by atoms with van der Waals surface area (Å²) in [6.07, 6.45) is 1.85. The monoisotopic (exact) mass is 170 g/mol. The zero-order chi connectivity index (χ0) is 9.26. The molecule has 1 atom stereocenters. The molecular formula is C12H12N. The molecule has 0 amide bonds. The van der Waals surface area contributed by atoms with Gasteiger partial charge in [0.25, 0.3) is 0 Å². The standard InChI is InChI=1S/C12H12N/c1-9(2)10-7-8-13-12-6-4-3-5-11(10)12/h3-9H,1H2,2H3. The summed E-state index contributed by atoms with van der Waals surface area (Å²) in [5.74, 6) is 0.313. The van der Waals surface area contributed by atoms with E-state index in [2.05, 4.69) is 24.9 Å². The van der Waals surface area contributed by atoms with Crippen molar-refractivity contribution in [2.24, 2.45) is 0 Å². The Bertz CT molecular complexity index is 413. The predicted octanol–water partition coefficient (Wildman–Crippen LogP) is 3.17. The highest BCUT2D eigenvalue weighted by atomic mass is 14.6. The van der Waals surface area contributed by atoms with E-state index in [1.807, 2.05) is 30.5 Å². The van der Waals surface area contributed by atoms with Crippen LogP contribution in [0.25, 0.3) is 10.9 Å². The average Bonchev–Trinajstić information content (AvgIpc) is 2.17. The van der Waals surface area contributed by atoms with Crippen molar-refractivity contribution in [1.82, 2.24) is 4.98 Å². The van der Waals surface area contributed by atoms with Gasteiger partial charge in [0.15, 0.2) is 0 Å². The highest BCUT2D eigenvalue weighted by Crippen LogP contribution is 2.22. The Kier molecular flexibility index (Phi) is 2.01. The van der Waals surface area contributed by atoms with E-state index in [4.69, 9.17) is 0 Å². The van der Waals surface area contributed by atoms with Crippen molar-refractivity contribution >= 4 is 10.9 Å². The molecule has 1 heteroatoms. The number of aromatic nitrogens is 1. The van der Waals surface area contributed by atoms with Crippen molar-refractivity contribution in [2.45, 2.75) is 12.8 Å². The van der Waals surface area contributed by atoms with E-state index in [1.165, 1.54) is 10.9 Å². The Morgan fingerprint density at radius 1 is 1.23 bits per heavy atom. The zero-order valence-corrected chi connectivity index (χ0v) is 7.70. The number of para-hydroxylation sites is 1. The van der Waals surface area contributed by atoms with Crippen molar-refractivity contribution in [1.29, 1.82) is 0 Å². The summed E-state index contributed by atoms with van der Waals surface area (Å²) in [4.78, 5) is 4.30. The lowest BCUT2D eigenvalue weighted by Gasteiger charge is -2.08. The molecule has 1 nitrogen and oxygen atoms in total. The second-order valence-corrected chi connectivity index (χ2v) is 3.32. The maximum Gasteiger partial charge on any atom is 0.0704 e. The second-order valence-electron chi connectivity index (χ2n) is 3.32. The fourth-order valence-electron chi connectivity index (χ4n) is 1.55. The van der Waals surface area contributed by atoms with Crippen LogP contribution in [0.5, 0.6) is 0 Å². The van der Waals surface area contributed by atoms with Crippen molar-refractivity contribution in [2.75, 3.05) is 0 Å². The Hall–Kier alpha value is -1.37. The summed E-state index contributed by atoms with van der Waals surface area (Å²) >= 11 is 0. The number of hydrogen-bond donors (Lipinski definition) is 0. The molecule has 13 heavy (non-hydrogen) atoms. The van der Waals surface area contributed by atoms with Gasteiger partial charge < -0.3 is 0 Å². The first kappa shape index (κ1) is 8.24. The van der Waals surface area contributed by atoms with Crippen LogP contribution in [0.2, 0.25) is 0 Å². The van der Waals surface area contributed by atoms with Crippen LogP contribution in [0.4, 0.5) is 0 Å². The van der Waals surface area contributed by atoms with Gasteiger partial charge >= 0.3 is 0 Å². The van der Waals surface area contributed by atoms with E-state index in [0.29, 0.717) is 5.92 Å². The Morgan fingerprint density at radius 3 is 2.77 bits per heavy atom. The molecule has 1 unspecified atom stereocenters. The molecule has 0 bridgehead atoms. The lowest BCUT2D eigenvalue weighted by atomic mass is 9.99. The van der Waals surface area contributed by atoms with Gasteiger partial charge in [-0.05, 0) is 30.5 Å². The van der Waals surface area contributed by atoms with Crippen LogP contribution in [-0.2, 0) is 0 Å². The van der Waals surface area contributed by atoms with E-state index >= 15 is 0 Å². The molecule has 2 aromatic rings. The SMILES string of the molecule is [CH2]C(C)c1ccnc2ccccc12. The third-order valence-electron chi connectivity index (χ3n) is 2.21. The summed E-state index contributed by atoms with van der Waals surface area (Å²) < 4.78 is 0. The van der Waals surface area contributed by atoms with Gasteiger partial charge in [-0.3, -0.25) is 4.98 Å². The lowest BCUT2D eigenvalue weighted by molar-refractivity contribution is 0.973. The first-order valence-corrected chi connectivity index (χ1v) is 4.46. The van der Waals surface area contributed by atoms with E-state index in [9.17, 15) is 0 Å². The van der Waals surface area contributed by atoms with Crippen LogP contribution in [0, 0.1) is 6.92 Å². The number of fused-ring (bicyclic) bond motifs is 1. The average molecular weight is 170 g/mol. The van der Waals surface area contributed by atoms with Crippen LogP contribution in [-0.4, -0.2) is 4.98 Å². The van der Waals surface area contributed by atoms with E-state index < -0.39 is 0 Å². The maximum atomic E-state index is 4.30. The summed E-state index contributed by atoms with van der Waals surface area (Å²) in [5, 5.41) is 1.22. The van der Waals surface area contributed by atoms with Gasteiger partial charge in [-0.2, -0.15) is 0 Å². The first-order valence-electron chi connectivity index (χ1n) is 4.46. The fourth-order valence-corrected chi connectivity index (χ4v) is 1.55. The normalized spacial score (nSPS) is 11.0. The first-order chi connectivity index (χ1) is 6.29. The number of rotatable bonds is 1. The molecule has 0 aliphatic rings. The summed E-state index contributed by atoms with van der Waals surface area (Å²) in [6.45, 7) is 6.13. The molecule has 0 N–H and O–H groups in total. The van der Waals surface area contributed by atoms with Crippen LogP contribution in [0.15, 0.2) is 36.5 Å². The highest BCUT2D eigenvalue weighted by Gasteiger charge is 2.03. The van der Waals surface area contributed by atoms with Crippen LogP contribution < -0.4 is 0 Å². The summed E-state index contributed by atoms with van der Waals surface area (Å²) in [7, 11) is 0. The number of nitrogens with zero attached hydrogens (tertiary/aromatic N) is 1. The van der Waals surface area contributed by atoms with Crippen molar-refractivity contribution in [3.05, 3.63) is 49.0 Å². The Balaban J connectivity index is 2.76. The van der Waals surface area contributed by atoms with Gasteiger partial charge in [-0.25, -0.2) is 0 Å². The zero-order valence-electron chi connectivity index (χ0n) is 7.70. The minimum atomic E-state index is 0.313. The van der Waals surface area contributed by atoms with Crippen molar-refractivity contribution in [3.63, 3.8) is 0 Å². The van der Waals surface area contributed by atoms with Crippen LogP contribution >= 0.6 is 0 Å². The molecule has 1 aromatic heterocycles. The van der Waals surface area contributed by atoms with Crippen LogP contribution in [0.3, 0.4) is 0 Å². The topological polar surface area (TPSA) is 12.9 Å². The second kappa shape index (κ2) is 3.17. The molecule has 0 saturated heterocycles. The molecule has 1 radical (unpaired) electrons. The fraction of sp³-hybridized carbons (Fsp3) is 0.167. The number of hydrogen-bond acceptors (Lipinski definition) is 1. The highest BCUT2D eigenvalue weighted by molar-refractivity contribution is 5.82. The molecule has 1 heterocycles. The predicted molar refractivity (Wildman–Crippen MR) is 55.5 cm³/mol. The molecule has 1 aromatic carbocycles. The number of pyridine rings is 1. The largest absolute Gasteiger partial charge is 0.256 e. The Labute approximate surface area is 78.4 Å². The quantitative estimate of drug-likeness (QED) is 0.640. The van der Waals surface area contributed by atoms with Crippen molar-refractivity contribution < 1.29 is 0 Å². The van der Waals surface area contributed by atoms with Gasteiger partial charge in [0.2, 0.25) is 0 Å². The molecule has 0 fully saturated rings. The van der Waals surface area contributed by atoms with Crippen molar-refractivity contribution in [3.8, 4) is 0 Å². The Morgan fingerprint density at radius 2 is 2.00 bits per heavy atom. The number of benzene rings is 1. The minimum Gasteiger partial charge on any atom is -0.256 e. The van der Waals surface area contributed by atoms with E-state index in [1.54, 1.807) is 0 Å². The lowest BCUT2D eigenvalue weighted by Crippen LogP contribution is -1.90. The van der Waals surface area contributed by atoms with Gasteiger partial charge in [-0.15, -0.1) is 0 Å². The molecule has 0 saturated carbocycles. The molecule has 0 aliphatic heterocycles. The third kappa shape index (κ3) is 1.42. The molecule has 65 valence electrons. The van der Waals surface area contributed by atoms with Gasteiger partial charge in [-0.1, -0.05) is 25.1 Å². The molecule has 0 spiro atoms. The van der Waals surface area contributed by atoms with E-state index in [-0.39, 0.29) is 0 Å². The van der Waals surface area contributed by atoms with Crippen LogP contribution in [0.1, 0.15) is 18.4 Å². The van der Waals surface area contributed by atoms with Gasteiger partial charge in [0.05, 0.1) is 5.52 Å². The maximum absolute atomic E-state index is 4.30. The smallest absolute Gasteiger partial charge is 0.0704 e. The molecular weight excluding hydrogens is 158 g/mol. The van der Waals surface area contributed by atoms with Gasteiger partial charge in [0.1, 0.15) is 0 Å². The minimum absolute atomic E-state index is 0.313.